The van der Waals surface area contributed by atoms with Crippen molar-refractivity contribution in [2.45, 2.75) is 59.1 Å². The van der Waals surface area contributed by atoms with Gasteiger partial charge in [-0.1, -0.05) is 69.3 Å². The molecule has 0 spiro atoms. The number of hydrogen-bond acceptors (Lipinski definition) is 2. The van der Waals surface area contributed by atoms with Gasteiger partial charge in [0.25, 0.3) is 0 Å². The lowest BCUT2D eigenvalue weighted by Gasteiger charge is -2.21. The molecule has 0 radical (unpaired) electrons. The topological polar surface area (TPSA) is 38.3 Å². The Morgan fingerprint density at radius 1 is 0.920 bits per heavy atom. The molecular weight excluding hydrogens is 310 g/mol. The minimum atomic E-state index is -0.494. The number of hydrogen-bond donors (Lipinski definition) is 1. The zero-order chi connectivity index (χ0) is 18.7. The predicted molar refractivity (Wildman–Crippen MR) is 104 cm³/mol. The molecule has 1 N–H and O–H groups in total. The van der Waals surface area contributed by atoms with Crippen LogP contribution in [0.3, 0.4) is 0 Å². The Bertz CT molecular complexity index is 719. The summed E-state index contributed by atoms with van der Waals surface area (Å²) in [5.74, 6) is 0. The van der Waals surface area contributed by atoms with E-state index in [9.17, 15) is 4.79 Å². The Morgan fingerprint density at radius 3 is 2.08 bits per heavy atom. The van der Waals surface area contributed by atoms with Gasteiger partial charge in [-0.25, -0.2) is 4.79 Å². The SMILES string of the molecule is CC(C)(C)OC(=O)NCc1ccccc1-c1ccc(C(C)(C)C)cc1. The van der Waals surface area contributed by atoms with E-state index in [1.807, 2.05) is 39.0 Å². The van der Waals surface area contributed by atoms with E-state index in [0.717, 1.165) is 16.7 Å². The third kappa shape index (κ3) is 5.63. The summed E-state index contributed by atoms with van der Waals surface area (Å²) in [5, 5.41) is 2.84. The van der Waals surface area contributed by atoms with Crippen molar-refractivity contribution in [3.8, 4) is 11.1 Å². The standard InChI is InChI=1S/C22H29NO2/c1-21(2,3)18-13-11-16(12-14-18)19-10-8-7-9-17(19)15-23-20(24)25-22(4,5)6/h7-14H,15H2,1-6H3,(H,23,24). The van der Waals surface area contributed by atoms with Crippen LogP contribution in [-0.2, 0) is 16.7 Å². The van der Waals surface area contributed by atoms with Crippen molar-refractivity contribution in [3.63, 3.8) is 0 Å². The highest BCUT2D eigenvalue weighted by Crippen LogP contribution is 2.28. The lowest BCUT2D eigenvalue weighted by atomic mass is 9.86. The number of carbonyl (C=O) groups is 1. The van der Waals surface area contributed by atoms with Crippen molar-refractivity contribution in [2.24, 2.45) is 0 Å². The molecule has 0 unspecified atom stereocenters. The second kappa shape index (κ2) is 7.30. The molecule has 3 heteroatoms. The van der Waals surface area contributed by atoms with Gasteiger partial charge in [0.2, 0.25) is 0 Å². The lowest BCUT2D eigenvalue weighted by Crippen LogP contribution is -2.32. The minimum absolute atomic E-state index is 0.135. The van der Waals surface area contributed by atoms with Gasteiger partial charge in [0.05, 0.1) is 0 Å². The van der Waals surface area contributed by atoms with Gasteiger partial charge in [-0.3, -0.25) is 0 Å². The van der Waals surface area contributed by atoms with E-state index in [0.29, 0.717) is 6.54 Å². The van der Waals surface area contributed by atoms with Crippen LogP contribution in [0.4, 0.5) is 4.79 Å². The van der Waals surface area contributed by atoms with E-state index in [1.54, 1.807) is 0 Å². The van der Waals surface area contributed by atoms with Crippen LogP contribution in [-0.4, -0.2) is 11.7 Å². The van der Waals surface area contributed by atoms with Crippen LogP contribution in [0.25, 0.3) is 11.1 Å². The minimum Gasteiger partial charge on any atom is -0.444 e. The van der Waals surface area contributed by atoms with Crippen LogP contribution in [0.1, 0.15) is 52.7 Å². The van der Waals surface area contributed by atoms with Crippen LogP contribution >= 0.6 is 0 Å². The highest BCUT2D eigenvalue weighted by Gasteiger charge is 2.17. The number of rotatable bonds is 3. The highest BCUT2D eigenvalue weighted by atomic mass is 16.6. The molecule has 0 atom stereocenters. The maximum atomic E-state index is 11.9. The number of nitrogens with one attached hydrogen (secondary N) is 1. The second-order valence-corrected chi connectivity index (χ2v) is 8.34. The summed E-state index contributed by atoms with van der Waals surface area (Å²) in [7, 11) is 0. The maximum absolute atomic E-state index is 11.9. The van der Waals surface area contributed by atoms with Gasteiger partial charge in [0, 0.05) is 6.54 Å². The van der Waals surface area contributed by atoms with E-state index < -0.39 is 11.7 Å². The molecule has 3 nitrogen and oxygen atoms in total. The Morgan fingerprint density at radius 2 is 1.52 bits per heavy atom. The normalized spacial score (nSPS) is 11.9. The molecule has 0 bridgehead atoms. The molecule has 2 aromatic carbocycles. The molecule has 2 aromatic rings. The Labute approximate surface area is 151 Å². The summed E-state index contributed by atoms with van der Waals surface area (Å²) in [6, 6.07) is 16.8. The van der Waals surface area contributed by atoms with Crippen LogP contribution in [0.5, 0.6) is 0 Å². The lowest BCUT2D eigenvalue weighted by molar-refractivity contribution is 0.0523. The van der Waals surface area contributed by atoms with Crippen molar-refractivity contribution in [3.05, 3.63) is 59.7 Å². The van der Waals surface area contributed by atoms with Crippen LogP contribution < -0.4 is 5.32 Å². The van der Waals surface area contributed by atoms with Crippen molar-refractivity contribution >= 4 is 6.09 Å². The second-order valence-electron chi connectivity index (χ2n) is 8.34. The zero-order valence-electron chi connectivity index (χ0n) is 16.1. The molecule has 0 aliphatic heterocycles. The van der Waals surface area contributed by atoms with Gasteiger partial charge in [-0.2, -0.15) is 0 Å². The fraction of sp³-hybridized carbons (Fsp3) is 0.409. The molecule has 0 saturated carbocycles. The average molecular weight is 339 g/mol. The first-order valence-electron chi connectivity index (χ1n) is 8.72. The fourth-order valence-corrected chi connectivity index (χ4v) is 2.59. The van der Waals surface area contributed by atoms with E-state index >= 15 is 0 Å². The van der Waals surface area contributed by atoms with Gasteiger partial charge in [0.15, 0.2) is 0 Å². The monoisotopic (exact) mass is 339 g/mol. The van der Waals surface area contributed by atoms with E-state index in [4.69, 9.17) is 4.74 Å². The summed E-state index contributed by atoms with van der Waals surface area (Å²) in [6.45, 7) is 12.6. The van der Waals surface area contributed by atoms with Crippen LogP contribution in [0, 0.1) is 0 Å². The van der Waals surface area contributed by atoms with Gasteiger partial charge in [-0.15, -0.1) is 0 Å². The van der Waals surface area contributed by atoms with Crippen molar-refractivity contribution in [1.82, 2.24) is 5.32 Å². The Balaban J connectivity index is 2.17. The number of alkyl carbamates (subject to hydrolysis) is 1. The summed E-state index contributed by atoms with van der Waals surface area (Å²) in [5.41, 5.74) is 4.29. The quantitative estimate of drug-likeness (QED) is 0.781. The summed E-state index contributed by atoms with van der Waals surface area (Å²) in [6.07, 6.45) is -0.398. The van der Waals surface area contributed by atoms with E-state index in [2.05, 4.69) is 56.4 Å². The van der Waals surface area contributed by atoms with Crippen molar-refractivity contribution in [1.29, 1.82) is 0 Å². The van der Waals surface area contributed by atoms with Crippen LogP contribution in [0.15, 0.2) is 48.5 Å². The van der Waals surface area contributed by atoms with E-state index in [-0.39, 0.29) is 5.41 Å². The van der Waals surface area contributed by atoms with Crippen LogP contribution in [0.2, 0.25) is 0 Å². The Kier molecular flexibility index (Phi) is 5.56. The third-order valence-electron chi connectivity index (χ3n) is 3.90. The molecule has 25 heavy (non-hydrogen) atoms. The summed E-state index contributed by atoms with van der Waals surface area (Å²) >= 11 is 0. The number of amides is 1. The summed E-state index contributed by atoms with van der Waals surface area (Å²) in [4.78, 5) is 11.9. The molecule has 0 saturated heterocycles. The number of benzene rings is 2. The van der Waals surface area contributed by atoms with Crippen molar-refractivity contribution in [2.75, 3.05) is 0 Å². The highest BCUT2D eigenvalue weighted by molar-refractivity contribution is 5.70. The van der Waals surface area contributed by atoms with Gasteiger partial charge in [0.1, 0.15) is 5.60 Å². The molecule has 2 rings (SSSR count). The fourth-order valence-electron chi connectivity index (χ4n) is 2.59. The molecule has 0 heterocycles. The largest absolute Gasteiger partial charge is 0.444 e. The summed E-state index contributed by atoms with van der Waals surface area (Å²) < 4.78 is 5.31. The van der Waals surface area contributed by atoms with Gasteiger partial charge >= 0.3 is 6.09 Å². The molecule has 0 aliphatic rings. The zero-order valence-corrected chi connectivity index (χ0v) is 16.1. The molecular formula is C22H29NO2. The third-order valence-corrected chi connectivity index (χ3v) is 3.90. The maximum Gasteiger partial charge on any atom is 0.407 e. The molecule has 1 amide bonds. The van der Waals surface area contributed by atoms with Crippen molar-refractivity contribution < 1.29 is 9.53 Å². The smallest absolute Gasteiger partial charge is 0.407 e. The first-order valence-corrected chi connectivity index (χ1v) is 8.72. The molecule has 134 valence electrons. The first kappa shape index (κ1) is 19.0. The van der Waals surface area contributed by atoms with Gasteiger partial charge < -0.3 is 10.1 Å². The first-order chi connectivity index (χ1) is 11.6. The number of carbonyl (C=O) groups excluding carboxylic acids is 1. The predicted octanol–water partition coefficient (Wildman–Crippen LogP) is 5.68. The van der Waals surface area contributed by atoms with Gasteiger partial charge in [-0.05, 0) is 48.4 Å². The molecule has 0 fully saturated rings. The molecule has 0 aromatic heterocycles. The number of ether oxygens (including phenoxy) is 1. The Hall–Kier alpha value is -2.29. The molecule has 0 aliphatic carbocycles. The average Bonchev–Trinajstić information content (AvgIpc) is 2.51. The van der Waals surface area contributed by atoms with E-state index in [1.165, 1.54) is 5.56 Å².